The molecule has 110 valence electrons. The molecule has 1 N–H and O–H groups in total. The average Bonchev–Trinajstić information content (AvgIpc) is 2.92. The molecule has 5 heteroatoms. The summed E-state index contributed by atoms with van der Waals surface area (Å²) in [5.74, 6) is 1.58. The average molecular weight is 287 g/mol. The summed E-state index contributed by atoms with van der Waals surface area (Å²) in [4.78, 5) is 11.9. The largest absolute Gasteiger partial charge is 0.490 e. The van der Waals surface area contributed by atoms with Gasteiger partial charge in [-0.15, -0.1) is 0 Å². The molecule has 1 aliphatic heterocycles. The Hall–Kier alpha value is -2.43. The smallest absolute Gasteiger partial charge is 0.287 e. The Morgan fingerprint density at radius 1 is 1.24 bits per heavy atom. The third kappa shape index (κ3) is 3.02. The summed E-state index contributed by atoms with van der Waals surface area (Å²) in [6.07, 6.45) is 2.35. The first kappa shape index (κ1) is 13.5. The summed E-state index contributed by atoms with van der Waals surface area (Å²) in [6, 6.07) is 7.21. The van der Waals surface area contributed by atoms with E-state index in [1.807, 2.05) is 19.1 Å². The lowest BCUT2D eigenvalue weighted by Crippen LogP contribution is -2.22. The summed E-state index contributed by atoms with van der Waals surface area (Å²) in [5, 5.41) is 2.84. The Balaban J connectivity index is 1.73. The van der Waals surface area contributed by atoms with E-state index < -0.39 is 0 Å². The van der Waals surface area contributed by atoms with Gasteiger partial charge in [-0.05, 0) is 42.3 Å². The number of fused-ring (bicyclic) bond motifs is 1. The van der Waals surface area contributed by atoms with Crippen molar-refractivity contribution < 1.29 is 18.7 Å². The van der Waals surface area contributed by atoms with Crippen LogP contribution in [0.1, 0.15) is 28.1 Å². The molecular weight excluding hydrogens is 270 g/mol. The summed E-state index contributed by atoms with van der Waals surface area (Å²) < 4.78 is 16.4. The lowest BCUT2D eigenvalue weighted by atomic mass is 10.1. The second-order valence-corrected chi connectivity index (χ2v) is 4.94. The van der Waals surface area contributed by atoms with E-state index in [0.29, 0.717) is 25.5 Å². The highest BCUT2D eigenvalue weighted by atomic mass is 16.5. The van der Waals surface area contributed by atoms with Crippen molar-refractivity contribution in [3.05, 3.63) is 47.4 Å². The first-order chi connectivity index (χ1) is 10.2. The number of carbonyl (C=O) groups is 1. The maximum Gasteiger partial charge on any atom is 0.287 e. The monoisotopic (exact) mass is 287 g/mol. The van der Waals surface area contributed by atoms with Gasteiger partial charge in [-0.2, -0.15) is 0 Å². The minimum Gasteiger partial charge on any atom is -0.490 e. The Bertz CT molecular complexity index is 634. The van der Waals surface area contributed by atoms with Crippen molar-refractivity contribution in [1.29, 1.82) is 0 Å². The van der Waals surface area contributed by atoms with Crippen molar-refractivity contribution in [3.63, 3.8) is 0 Å². The Labute approximate surface area is 122 Å². The van der Waals surface area contributed by atoms with Crippen molar-refractivity contribution in [2.24, 2.45) is 0 Å². The first-order valence-corrected chi connectivity index (χ1v) is 6.95. The predicted molar refractivity (Wildman–Crippen MR) is 76.7 cm³/mol. The molecule has 2 heterocycles. The number of aryl methyl sites for hydroxylation is 1. The third-order valence-electron chi connectivity index (χ3n) is 3.39. The molecule has 0 fully saturated rings. The molecule has 21 heavy (non-hydrogen) atoms. The zero-order chi connectivity index (χ0) is 14.7. The SMILES string of the molecule is Cc1cc2c(cc1CNC(=O)c1ccco1)OCCCO2. The van der Waals surface area contributed by atoms with E-state index in [0.717, 1.165) is 29.0 Å². The Morgan fingerprint density at radius 3 is 2.71 bits per heavy atom. The molecule has 0 radical (unpaired) electrons. The van der Waals surface area contributed by atoms with Gasteiger partial charge >= 0.3 is 0 Å². The number of hydrogen-bond acceptors (Lipinski definition) is 4. The van der Waals surface area contributed by atoms with E-state index in [1.54, 1.807) is 12.1 Å². The molecule has 1 amide bonds. The fourth-order valence-corrected chi connectivity index (χ4v) is 2.21. The zero-order valence-electron chi connectivity index (χ0n) is 11.8. The molecule has 1 aliphatic rings. The van der Waals surface area contributed by atoms with E-state index in [4.69, 9.17) is 13.9 Å². The highest BCUT2D eigenvalue weighted by molar-refractivity contribution is 5.91. The molecule has 0 spiro atoms. The second kappa shape index (κ2) is 5.91. The molecule has 5 nitrogen and oxygen atoms in total. The topological polar surface area (TPSA) is 60.7 Å². The predicted octanol–water partition coefficient (Wildman–Crippen LogP) is 2.68. The Morgan fingerprint density at radius 2 is 2.00 bits per heavy atom. The number of nitrogens with one attached hydrogen (secondary N) is 1. The van der Waals surface area contributed by atoms with Crippen LogP contribution >= 0.6 is 0 Å². The number of rotatable bonds is 3. The normalized spacial score (nSPS) is 13.6. The molecule has 3 rings (SSSR count). The quantitative estimate of drug-likeness (QED) is 0.943. The highest BCUT2D eigenvalue weighted by Crippen LogP contribution is 2.32. The summed E-state index contributed by atoms with van der Waals surface area (Å²) in [5.41, 5.74) is 2.05. The van der Waals surface area contributed by atoms with Crippen LogP contribution in [-0.4, -0.2) is 19.1 Å². The molecule has 0 unspecified atom stereocenters. The number of ether oxygens (including phenoxy) is 2. The van der Waals surface area contributed by atoms with Crippen molar-refractivity contribution >= 4 is 5.91 Å². The third-order valence-corrected chi connectivity index (χ3v) is 3.39. The maximum atomic E-state index is 11.9. The summed E-state index contributed by atoms with van der Waals surface area (Å²) in [7, 11) is 0. The zero-order valence-corrected chi connectivity index (χ0v) is 11.8. The van der Waals surface area contributed by atoms with E-state index in [2.05, 4.69) is 5.32 Å². The standard InChI is InChI=1S/C16H17NO4/c1-11-8-14-15(21-7-3-6-20-14)9-12(11)10-17-16(18)13-4-2-5-19-13/h2,4-5,8-9H,3,6-7,10H2,1H3,(H,17,18). The van der Waals surface area contributed by atoms with Gasteiger partial charge in [0.15, 0.2) is 17.3 Å². The van der Waals surface area contributed by atoms with E-state index in [9.17, 15) is 4.79 Å². The van der Waals surface area contributed by atoms with Crippen molar-refractivity contribution in [2.75, 3.05) is 13.2 Å². The second-order valence-electron chi connectivity index (χ2n) is 4.94. The lowest BCUT2D eigenvalue weighted by molar-refractivity contribution is 0.0923. The molecule has 0 aliphatic carbocycles. The van der Waals surface area contributed by atoms with Crippen molar-refractivity contribution in [3.8, 4) is 11.5 Å². The molecule has 0 saturated heterocycles. The lowest BCUT2D eigenvalue weighted by Gasteiger charge is -2.13. The van der Waals surface area contributed by atoms with Crippen LogP contribution in [-0.2, 0) is 6.54 Å². The van der Waals surface area contributed by atoms with Gasteiger partial charge in [-0.1, -0.05) is 0 Å². The van der Waals surface area contributed by atoms with E-state index >= 15 is 0 Å². The van der Waals surface area contributed by atoms with Gasteiger partial charge in [0.25, 0.3) is 5.91 Å². The van der Waals surface area contributed by atoms with E-state index in [1.165, 1.54) is 6.26 Å². The van der Waals surface area contributed by atoms with Crippen LogP contribution in [0.5, 0.6) is 11.5 Å². The fourth-order valence-electron chi connectivity index (χ4n) is 2.21. The highest BCUT2D eigenvalue weighted by Gasteiger charge is 2.14. The molecule has 0 saturated carbocycles. The minimum atomic E-state index is -0.230. The van der Waals surface area contributed by atoms with Gasteiger partial charge in [-0.3, -0.25) is 4.79 Å². The van der Waals surface area contributed by atoms with Crippen molar-refractivity contribution in [1.82, 2.24) is 5.32 Å². The van der Waals surface area contributed by atoms with Crippen LogP contribution in [0.25, 0.3) is 0 Å². The molecule has 1 aromatic carbocycles. The van der Waals surface area contributed by atoms with Crippen LogP contribution in [0.3, 0.4) is 0 Å². The fraction of sp³-hybridized carbons (Fsp3) is 0.312. The number of benzene rings is 1. The van der Waals surface area contributed by atoms with Crippen LogP contribution in [0, 0.1) is 6.92 Å². The summed E-state index contributed by atoms with van der Waals surface area (Å²) in [6.45, 7) is 3.72. The molecule has 0 bridgehead atoms. The molecule has 1 aromatic heterocycles. The van der Waals surface area contributed by atoms with Crippen molar-refractivity contribution in [2.45, 2.75) is 19.9 Å². The number of furan rings is 1. The molecular formula is C16H17NO4. The van der Waals surface area contributed by atoms with Crippen LogP contribution < -0.4 is 14.8 Å². The Kier molecular flexibility index (Phi) is 3.81. The van der Waals surface area contributed by atoms with Gasteiger partial charge in [0, 0.05) is 13.0 Å². The van der Waals surface area contributed by atoms with Gasteiger partial charge in [-0.25, -0.2) is 0 Å². The first-order valence-electron chi connectivity index (χ1n) is 6.95. The van der Waals surface area contributed by atoms with E-state index in [-0.39, 0.29) is 5.91 Å². The van der Waals surface area contributed by atoms with Gasteiger partial charge in [0.05, 0.1) is 19.5 Å². The van der Waals surface area contributed by atoms with Crippen LogP contribution in [0.4, 0.5) is 0 Å². The number of hydrogen-bond donors (Lipinski definition) is 1. The van der Waals surface area contributed by atoms with Gasteiger partial charge in [0.2, 0.25) is 0 Å². The maximum absolute atomic E-state index is 11.9. The minimum absolute atomic E-state index is 0.230. The van der Waals surface area contributed by atoms with Crippen LogP contribution in [0.2, 0.25) is 0 Å². The summed E-state index contributed by atoms with van der Waals surface area (Å²) >= 11 is 0. The van der Waals surface area contributed by atoms with Gasteiger partial charge in [0.1, 0.15) is 0 Å². The molecule has 2 aromatic rings. The van der Waals surface area contributed by atoms with Crippen LogP contribution in [0.15, 0.2) is 34.9 Å². The number of amides is 1. The number of carbonyl (C=O) groups excluding carboxylic acids is 1. The molecule has 0 atom stereocenters. The van der Waals surface area contributed by atoms with Gasteiger partial charge < -0.3 is 19.2 Å².